The van der Waals surface area contributed by atoms with Gasteiger partial charge in [0.05, 0.1) is 0 Å². The highest BCUT2D eigenvalue weighted by Crippen LogP contribution is 2.07. The van der Waals surface area contributed by atoms with Gasteiger partial charge in [-0.3, -0.25) is 4.79 Å². The van der Waals surface area contributed by atoms with E-state index in [-0.39, 0.29) is 5.91 Å². The zero-order valence-corrected chi connectivity index (χ0v) is 11.4. The first kappa shape index (κ1) is 15.4. The molecule has 16 heavy (non-hydrogen) atoms. The molecule has 0 aromatic carbocycles. The molecule has 0 heterocycles. The predicted molar refractivity (Wildman–Crippen MR) is 68.3 cm³/mol. The molecule has 0 rings (SSSR count). The van der Waals surface area contributed by atoms with E-state index < -0.39 is 5.54 Å². The van der Waals surface area contributed by atoms with Crippen LogP contribution in [0, 0.1) is 0 Å². The van der Waals surface area contributed by atoms with Crippen molar-refractivity contribution < 1.29 is 4.79 Å². The molecule has 0 unspecified atom stereocenters. The molecule has 1 amide bonds. The number of carbonyl (C=O) groups excluding carboxylic acids is 1. The second-order valence-electron chi connectivity index (χ2n) is 5.30. The van der Waals surface area contributed by atoms with E-state index in [9.17, 15) is 4.79 Å². The van der Waals surface area contributed by atoms with Crippen LogP contribution in [0.25, 0.3) is 0 Å². The van der Waals surface area contributed by atoms with Crippen molar-refractivity contribution in [3.63, 3.8) is 0 Å². The summed E-state index contributed by atoms with van der Waals surface area (Å²) in [6.07, 6.45) is 1.43. The van der Waals surface area contributed by atoms with E-state index in [4.69, 9.17) is 5.73 Å². The van der Waals surface area contributed by atoms with Gasteiger partial charge in [-0.25, -0.2) is 0 Å². The third-order valence-electron chi connectivity index (χ3n) is 2.37. The van der Waals surface area contributed by atoms with Crippen LogP contribution in [0.2, 0.25) is 0 Å². The van der Waals surface area contributed by atoms with Gasteiger partial charge >= 0.3 is 0 Å². The third kappa shape index (κ3) is 7.65. The van der Waals surface area contributed by atoms with Crippen molar-refractivity contribution in [2.24, 2.45) is 5.73 Å². The summed E-state index contributed by atoms with van der Waals surface area (Å²) in [4.78, 5) is 15.9. The van der Waals surface area contributed by atoms with Crippen molar-refractivity contribution in [1.29, 1.82) is 0 Å². The highest BCUT2D eigenvalue weighted by atomic mass is 16.2. The first-order chi connectivity index (χ1) is 7.26. The maximum atomic E-state index is 11.9. The van der Waals surface area contributed by atoms with Crippen molar-refractivity contribution in [2.45, 2.75) is 39.2 Å². The van der Waals surface area contributed by atoms with E-state index in [1.807, 2.05) is 39.8 Å². The van der Waals surface area contributed by atoms with Crippen molar-refractivity contribution in [2.75, 3.05) is 33.7 Å². The average Bonchev–Trinajstić information content (AvgIpc) is 2.08. The number of nitrogens with two attached hydrogens (primary N) is 1. The quantitative estimate of drug-likeness (QED) is 0.706. The topological polar surface area (TPSA) is 49.6 Å². The molecule has 0 fully saturated rings. The van der Waals surface area contributed by atoms with Crippen LogP contribution in [0.1, 0.15) is 33.6 Å². The summed E-state index contributed by atoms with van der Waals surface area (Å²) in [6, 6.07) is 0. The van der Waals surface area contributed by atoms with E-state index in [1.165, 1.54) is 0 Å². The highest BCUT2D eigenvalue weighted by molar-refractivity contribution is 5.77. The Hall–Kier alpha value is -0.610. The largest absolute Gasteiger partial charge is 0.343 e. The van der Waals surface area contributed by atoms with Crippen LogP contribution >= 0.6 is 0 Å². The maximum absolute atomic E-state index is 11.9. The molecule has 0 spiro atoms. The second-order valence-corrected chi connectivity index (χ2v) is 5.30. The van der Waals surface area contributed by atoms with Crippen LogP contribution in [-0.2, 0) is 4.79 Å². The van der Waals surface area contributed by atoms with E-state index >= 15 is 0 Å². The fourth-order valence-corrected chi connectivity index (χ4v) is 1.54. The molecule has 0 aromatic heterocycles. The molecule has 0 aliphatic heterocycles. The third-order valence-corrected chi connectivity index (χ3v) is 2.37. The summed E-state index contributed by atoms with van der Waals surface area (Å²) in [5, 5.41) is 0. The Morgan fingerprint density at radius 2 is 1.81 bits per heavy atom. The molecule has 0 bridgehead atoms. The molecule has 96 valence electrons. The Morgan fingerprint density at radius 1 is 1.25 bits per heavy atom. The fourth-order valence-electron chi connectivity index (χ4n) is 1.54. The van der Waals surface area contributed by atoms with Gasteiger partial charge in [0.25, 0.3) is 0 Å². The molecule has 0 aromatic rings. The van der Waals surface area contributed by atoms with Gasteiger partial charge in [-0.15, -0.1) is 0 Å². The molecule has 0 saturated heterocycles. The molecule has 4 nitrogen and oxygen atoms in total. The van der Waals surface area contributed by atoms with Gasteiger partial charge in [-0.05, 0) is 47.8 Å². The average molecular weight is 229 g/mol. The number of amides is 1. The second kappa shape index (κ2) is 6.86. The molecular weight excluding hydrogens is 202 g/mol. The minimum Gasteiger partial charge on any atom is -0.343 e. The zero-order chi connectivity index (χ0) is 12.8. The lowest BCUT2D eigenvalue weighted by atomic mass is 10.0. The van der Waals surface area contributed by atoms with E-state index in [1.54, 1.807) is 0 Å². The van der Waals surface area contributed by atoms with E-state index in [2.05, 4.69) is 4.90 Å². The molecule has 0 atom stereocenters. The first-order valence-corrected chi connectivity index (χ1v) is 5.97. The Morgan fingerprint density at radius 3 is 2.19 bits per heavy atom. The summed E-state index contributed by atoms with van der Waals surface area (Å²) in [5.74, 6) is 0.161. The Balaban J connectivity index is 4.02. The summed E-state index contributed by atoms with van der Waals surface area (Å²) in [7, 11) is 4.09. The lowest BCUT2D eigenvalue weighted by Gasteiger charge is -2.26. The van der Waals surface area contributed by atoms with Crippen molar-refractivity contribution in [3.8, 4) is 0 Å². The monoisotopic (exact) mass is 229 g/mol. The summed E-state index contributed by atoms with van der Waals surface area (Å²) >= 11 is 0. The Bertz CT molecular complexity index is 209. The van der Waals surface area contributed by atoms with Crippen LogP contribution in [0.15, 0.2) is 0 Å². The summed E-state index contributed by atoms with van der Waals surface area (Å²) in [6.45, 7) is 8.38. The number of rotatable bonds is 7. The zero-order valence-electron chi connectivity index (χ0n) is 11.4. The molecular formula is C12H27N3O. The molecule has 0 aliphatic carbocycles. The lowest BCUT2D eigenvalue weighted by Crippen LogP contribution is -2.41. The highest BCUT2D eigenvalue weighted by Gasteiger charge is 2.20. The van der Waals surface area contributed by atoms with Crippen LogP contribution in [0.5, 0.6) is 0 Å². The summed E-state index contributed by atoms with van der Waals surface area (Å²) < 4.78 is 0. The predicted octanol–water partition coefficient (Wildman–Crippen LogP) is 0.914. The van der Waals surface area contributed by atoms with Crippen LogP contribution < -0.4 is 5.73 Å². The van der Waals surface area contributed by atoms with Gasteiger partial charge in [-0.2, -0.15) is 0 Å². The van der Waals surface area contributed by atoms with Crippen molar-refractivity contribution >= 4 is 5.91 Å². The minimum atomic E-state index is -0.411. The van der Waals surface area contributed by atoms with E-state index in [0.29, 0.717) is 6.42 Å². The van der Waals surface area contributed by atoms with Crippen molar-refractivity contribution in [3.05, 3.63) is 0 Å². The fraction of sp³-hybridized carbons (Fsp3) is 0.917. The van der Waals surface area contributed by atoms with Crippen LogP contribution in [0.3, 0.4) is 0 Å². The number of hydrogen-bond acceptors (Lipinski definition) is 3. The number of nitrogens with zero attached hydrogens (tertiary/aromatic N) is 2. The first-order valence-electron chi connectivity index (χ1n) is 5.97. The summed E-state index contributed by atoms with van der Waals surface area (Å²) in [5.41, 5.74) is 5.44. The number of carbonyl (C=O) groups is 1. The van der Waals surface area contributed by atoms with Gasteiger partial charge in [0, 0.05) is 25.0 Å². The molecule has 0 saturated carbocycles. The smallest absolute Gasteiger partial charge is 0.224 e. The Labute approximate surface area is 99.8 Å². The molecule has 4 heteroatoms. The van der Waals surface area contributed by atoms with Crippen molar-refractivity contribution in [1.82, 2.24) is 9.80 Å². The van der Waals surface area contributed by atoms with Gasteiger partial charge in [0.15, 0.2) is 0 Å². The maximum Gasteiger partial charge on any atom is 0.224 e. The van der Waals surface area contributed by atoms with E-state index in [0.717, 1.165) is 26.1 Å². The number of hydrogen-bond donors (Lipinski definition) is 1. The van der Waals surface area contributed by atoms with Crippen LogP contribution in [0.4, 0.5) is 0 Å². The SMILES string of the molecule is CCN(CCCN(C)C)C(=O)CC(C)(C)N. The van der Waals surface area contributed by atoms with Gasteiger partial charge in [0.2, 0.25) is 5.91 Å². The lowest BCUT2D eigenvalue weighted by molar-refractivity contribution is -0.132. The van der Waals surface area contributed by atoms with Crippen LogP contribution in [-0.4, -0.2) is 55.0 Å². The molecule has 2 N–H and O–H groups in total. The Kier molecular flexibility index (Phi) is 6.60. The normalized spacial score (nSPS) is 11.9. The standard InChI is InChI=1S/C12H27N3O/c1-6-15(9-7-8-14(4)5)11(16)10-12(2,3)13/h6-10,13H2,1-5H3. The van der Waals surface area contributed by atoms with Gasteiger partial charge in [0.1, 0.15) is 0 Å². The molecule has 0 radical (unpaired) electrons. The van der Waals surface area contributed by atoms with Gasteiger partial charge in [-0.1, -0.05) is 0 Å². The molecule has 0 aliphatic rings. The van der Waals surface area contributed by atoms with Gasteiger partial charge < -0.3 is 15.5 Å². The minimum absolute atomic E-state index is 0.161.